The zero-order valence-corrected chi connectivity index (χ0v) is 15.7. The van der Waals surface area contributed by atoms with Gasteiger partial charge in [-0.3, -0.25) is 9.59 Å². The van der Waals surface area contributed by atoms with E-state index in [0.717, 1.165) is 41.1 Å². The molecule has 0 aliphatic rings. The Balaban J connectivity index is 2.28. The van der Waals surface area contributed by atoms with Gasteiger partial charge in [-0.2, -0.15) is 13.2 Å². The van der Waals surface area contributed by atoms with E-state index < -0.39 is 30.1 Å². The summed E-state index contributed by atoms with van der Waals surface area (Å²) in [5.41, 5.74) is 1.29. The Morgan fingerprint density at radius 1 is 1.07 bits per heavy atom. The van der Waals surface area contributed by atoms with Crippen LogP contribution in [0.2, 0.25) is 5.02 Å². The van der Waals surface area contributed by atoms with Gasteiger partial charge in [0.25, 0.3) is 0 Å². The van der Waals surface area contributed by atoms with Crippen molar-refractivity contribution in [3.8, 4) is 0 Å². The summed E-state index contributed by atoms with van der Waals surface area (Å²) >= 11 is 5.98. The molecule has 0 bridgehead atoms. The summed E-state index contributed by atoms with van der Waals surface area (Å²) in [5, 5.41) is 2.59. The summed E-state index contributed by atoms with van der Waals surface area (Å²) in [5.74, 6) is -1.16. The van der Waals surface area contributed by atoms with Crippen molar-refractivity contribution in [1.29, 1.82) is 0 Å². The molecule has 0 atom stereocenters. The molecule has 0 heterocycles. The molecule has 8 heteroatoms. The predicted octanol–water partition coefficient (Wildman–Crippen LogP) is 4.97. The van der Waals surface area contributed by atoms with Crippen molar-refractivity contribution in [2.24, 2.45) is 0 Å². The quantitative estimate of drug-likeness (QED) is 0.790. The second-order valence-electron chi connectivity index (χ2n) is 6.19. The Kier molecular flexibility index (Phi) is 6.15. The van der Waals surface area contributed by atoms with Crippen LogP contribution < -0.4 is 10.2 Å². The van der Waals surface area contributed by atoms with Crippen molar-refractivity contribution in [1.82, 2.24) is 0 Å². The molecule has 0 aliphatic carbocycles. The fraction of sp³-hybridized carbons (Fsp3) is 0.263. The molecule has 2 amide bonds. The summed E-state index contributed by atoms with van der Waals surface area (Å²) in [6.45, 7) is 4.42. The molecule has 0 radical (unpaired) electrons. The van der Waals surface area contributed by atoms with Gasteiger partial charge in [-0.15, -0.1) is 0 Å². The molecule has 0 saturated heterocycles. The topological polar surface area (TPSA) is 49.4 Å². The molecule has 0 spiro atoms. The van der Waals surface area contributed by atoms with Crippen molar-refractivity contribution < 1.29 is 22.8 Å². The minimum atomic E-state index is -4.59. The minimum Gasteiger partial charge on any atom is -0.325 e. The molecular formula is C19H18ClF3N2O2. The number of nitrogens with zero attached hydrogens (tertiary/aromatic N) is 1. The zero-order chi connectivity index (χ0) is 20.4. The van der Waals surface area contributed by atoms with Crippen LogP contribution in [0, 0.1) is 13.8 Å². The van der Waals surface area contributed by atoms with Gasteiger partial charge in [0, 0.05) is 12.6 Å². The van der Waals surface area contributed by atoms with Gasteiger partial charge in [-0.1, -0.05) is 17.7 Å². The number of benzene rings is 2. The summed E-state index contributed by atoms with van der Waals surface area (Å²) < 4.78 is 38.9. The normalized spacial score (nSPS) is 11.2. The third kappa shape index (κ3) is 5.47. The van der Waals surface area contributed by atoms with Gasteiger partial charge in [-0.05, 0) is 55.3 Å². The van der Waals surface area contributed by atoms with Crippen molar-refractivity contribution in [2.45, 2.75) is 26.9 Å². The van der Waals surface area contributed by atoms with E-state index in [4.69, 9.17) is 11.6 Å². The van der Waals surface area contributed by atoms with Gasteiger partial charge in [0.05, 0.1) is 16.3 Å². The molecule has 2 aromatic rings. The largest absolute Gasteiger partial charge is 0.416 e. The molecule has 27 heavy (non-hydrogen) atoms. The lowest BCUT2D eigenvalue weighted by Gasteiger charge is -2.23. The van der Waals surface area contributed by atoms with Gasteiger partial charge >= 0.3 is 6.18 Å². The molecule has 2 rings (SSSR count). The highest BCUT2D eigenvalue weighted by Gasteiger charge is 2.32. The lowest BCUT2D eigenvalue weighted by atomic mass is 10.1. The molecule has 2 aromatic carbocycles. The molecule has 1 N–H and O–H groups in total. The van der Waals surface area contributed by atoms with Crippen LogP contribution in [0.4, 0.5) is 24.5 Å². The minimum absolute atomic E-state index is 0.0580. The first-order valence-electron chi connectivity index (χ1n) is 8.00. The molecule has 0 fully saturated rings. The summed E-state index contributed by atoms with van der Waals surface area (Å²) in [6, 6.07) is 8.06. The highest BCUT2D eigenvalue weighted by atomic mass is 35.5. The van der Waals surface area contributed by atoms with E-state index in [-0.39, 0.29) is 10.7 Å². The third-order valence-corrected chi connectivity index (χ3v) is 4.07. The molecule has 4 nitrogen and oxygen atoms in total. The average molecular weight is 399 g/mol. The smallest absolute Gasteiger partial charge is 0.325 e. The van der Waals surface area contributed by atoms with Gasteiger partial charge in [0.15, 0.2) is 0 Å². The van der Waals surface area contributed by atoms with Crippen molar-refractivity contribution in [3.63, 3.8) is 0 Å². The van der Waals surface area contributed by atoms with E-state index in [1.165, 1.54) is 0 Å². The monoisotopic (exact) mass is 398 g/mol. The van der Waals surface area contributed by atoms with Crippen molar-refractivity contribution >= 4 is 34.8 Å². The van der Waals surface area contributed by atoms with E-state index >= 15 is 0 Å². The second kappa shape index (κ2) is 8.00. The number of nitrogens with one attached hydrogen (secondary N) is 1. The number of anilines is 2. The van der Waals surface area contributed by atoms with Crippen LogP contribution in [-0.2, 0) is 15.8 Å². The summed E-state index contributed by atoms with van der Waals surface area (Å²) in [6.07, 6.45) is -4.59. The Bertz CT molecular complexity index is 861. The standard InChI is InChI=1S/C19H18ClF3N2O2/c1-11-6-12(2)8-15(7-11)24-18(27)10-25(13(3)26)17-9-14(19(21,22)23)4-5-16(17)20/h4-9H,10H2,1-3H3,(H,24,27). The number of carbonyl (C=O) groups is 2. The molecule has 0 aliphatic heterocycles. The van der Waals surface area contributed by atoms with Crippen molar-refractivity contribution in [2.75, 3.05) is 16.8 Å². The maximum atomic E-state index is 13.0. The molecule has 0 saturated carbocycles. The van der Waals surface area contributed by atoms with E-state index in [1.54, 1.807) is 12.1 Å². The fourth-order valence-electron chi connectivity index (χ4n) is 2.65. The van der Waals surface area contributed by atoms with Crippen LogP contribution in [0.15, 0.2) is 36.4 Å². The first-order chi connectivity index (χ1) is 12.5. The number of hydrogen-bond donors (Lipinski definition) is 1. The highest BCUT2D eigenvalue weighted by molar-refractivity contribution is 6.34. The van der Waals surface area contributed by atoms with Gasteiger partial charge in [-0.25, -0.2) is 0 Å². The maximum Gasteiger partial charge on any atom is 0.416 e. The number of hydrogen-bond acceptors (Lipinski definition) is 2. The second-order valence-corrected chi connectivity index (χ2v) is 6.60. The Morgan fingerprint density at radius 3 is 2.19 bits per heavy atom. The predicted molar refractivity (Wildman–Crippen MR) is 99.0 cm³/mol. The third-order valence-electron chi connectivity index (χ3n) is 3.75. The lowest BCUT2D eigenvalue weighted by molar-refractivity contribution is -0.137. The number of alkyl halides is 3. The highest BCUT2D eigenvalue weighted by Crippen LogP contribution is 2.35. The average Bonchev–Trinajstić information content (AvgIpc) is 2.51. The molecular weight excluding hydrogens is 381 g/mol. The Morgan fingerprint density at radius 2 is 1.67 bits per heavy atom. The summed E-state index contributed by atoms with van der Waals surface area (Å²) in [4.78, 5) is 25.2. The van der Waals surface area contributed by atoms with Crippen LogP contribution in [0.5, 0.6) is 0 Å². The van der Waals surface area contributed by atoms with Crippen LogP contribution >= 0.6 is 11.6 Å². The summed E-state index contributed by atoms with van der Waals surface area (Å²) in [7, 11) is 0. The first kappa shape index (κ1) is 20.8. The fourth-order valence-corrected chi connectivity index (χ4v) is 2.87. The van der Waals surface area contributed by atoms with E-state index in [1.807, 2.05) is 19.9 Å². The lowest BCUT2D eigenvalue weighted by Crippen LogP contribution is -2.37. The zero-order valence-electron chi connectivity index (χ0n) is 14.9. The van der Waals surface area contributed by atoms with Crippen LogP contribution in [0.1, 0.15) is 23.6 Å². The van der Waals surface area contributed by atoms with Crippen molar-refractivity contribution in [3.05, 3.63) is 58.1 Å². The van der Waals surface area contributed by atoms with E-state index in [2.05, 4.69) is 5.32 Å². The van der Waals surface area contributed by atoms with E-state index in [9.17, 15) is 22.8 Å². The Labute approximate surface area is 159 Å². The van der Waals surface area contributed by atoms with Crippen LogP contribution in [-0.4, -0.2) is 18.4 Å². The van der Waals surface area contributed by atoms with Crippen LogP contribution in [0.3, 0.4) is 0 Å². The SMILES string of the molecule is CC(=O)N(CC(=O)Nc1cc(C)cc(C)c1)c1cc(C(F)(F)F)ccc1Cl. The van der Waals surface area contributed by atoms with Gasteiger partial charge in [0.1, 0.15) is 6.54 Å². The number of carbonyl (C=O) groups excluding carboxylic acids is 2. The number of amides is 2. The molecule has 0 aromatic heterocycles. The van der Waals surface area contributed by atoms with Gasteiger partial charge in [0.2, 0.25) is 11.8 Å². The number of halogens is 4. The Hall–Kier alpha value is -2.54. The maximum absolute atomic E-state index is 13.0. The molecule has 144 valence electrons. The van der Waals surface area contributed by atoms with Crippen LogP contribution in [0.25, 0.3) is 0 Å². The number of aryl methyl sites for hydroxylation is 2. The first-order valence-corrected chi connectivity index (χ1v) is 8.38. The molecule has 0 unspecified atom stereocenters. The van der Waals surface area contributed by atoms with Gasteiger partial charge < -0.3 is 10.2 Å². The number of rotatable bonds is 4. The van der Waals surface area contributed by atoms with E-state index in [0.29, 0.717) is 5.69 Å².